The standard InChI is InChI=1S/C15H17ClN2O2S/c1-7(2)14-17-11(9(4)13(16)18-14)10-8(3)6-21-12(10)15(19)20-5/h6-7H,1-5H3. The number of aromatic nitrogens is 2. The van der Waals surface area contributed by atoms with E-state index in [-0.39, 0.29) is 11.9 Å². The van der Waals surface area contributed by atoms with Gasteiger partial charge in [-0.05, 0) is 24.8 Å². The van der Waals surface area contributed by atoms with Crippen molar-refractivity contribution < 1.29 is 9.53 Å². The van der Waals surface area contributed by atoms with Crippen molar-refractivity contribution in [2.75, 3.05) is 7.11 Å². The number of carbonyl (C=O) groups excluding carboxylic acids is 1. The molecule has 0 spiro atoms. The van der Waals surface area contributed by atoms with Crippen molar-refractivity contribution in [3.8, 4) is 11.3 Å². The molecule has 0 bridgehead atoms. The van der Waals surface area contributed by atoms with E-state index >= 15 is 0 Å². The molecule has 0 aliphatic heterocycles. The van der Waals surface area contributed by atoms with Crippen molar-refractivity contribution in [1.82, 2.24) is 9.97 Å². The lowest BCUT2D eigenvalue weighted by atomic mass is 10.0. The zero-order valence-electron chi connectivity index (χ0n) is 12.7. The Morgan fingerprint density at radius 1 is 1.33 bits per heavy atom. The van der Waals surface area contributed by atoms with Crippen LogP contribution in [0.1, 0.15) is 46.4 Å². The summed E-state index contributed by atoms with van der Waals surface area (Å²) in [6.07, 6.45) is 0. The van der Waals surface area contributed by atoms with E-state index in [2.05, 4.69) is 9.97 Å². The van der Waals surface area contributed by atoms with Crippen LogP contribution in [0.25, 0.3) is 11.3 Å². The van der Waals surface area contributed by atoms with Crippen molar-refractivity contribution in [1.29, 1.82) is 0 Å². The van der Waals surface area contributed by atoms with Crippen LogP contribution in [0, 0.1) is 13.8 Å². The normalized spacial score (nSPS) is 11.0. The molecule has 0 radical (unpaired) electrons. The Labute approximate surface area is 133 Å². The molecule has 0 aromatic carbocycles. The average Bonchev–Trinajstić information content (AvgIpc) is 2.82. The highest BCUT2D eigenvalue weighted by Crippen LogP contribution is 2.36. The van der Waals surface area contributed by atoms with Gasteiger partial charge in [0.2, 0.25) is 0 Å². The molecule has 0 atom stereocenters. The maximum absolute atomic E-state index is 11.9. The van der Waals surface area contributed by atoms with Gasteiger partial charge >= 0.3 is 5.97 Å². The third-order valence-electron chi connectivity index (χ3n) is 3.20. The van der Waals surface area contributed by atoms with Crippen LogP contribution < -0.4 is 0 Å². The topological polar surface area (TPSA) is 52.1 Å². The van der Waals surface area contributed by atoms with Gasteiger partial charge in [-0.25, -0.2) is 14.8 Å². The van der Waals surface area contributed by atoms with E-state index in [9.17, 15) is 4.79 Å². The van der Waals surface area contributed by atoms with Crippen LogP contribution in [-0.2, 0) is 4.74 Å². The molecule has 4 nitrogen and oxygen atoms in total. The van der Waals surface area contributed by atoms with E-state index in [1.807, 2.05) is 33.1 Å². The van der Waals surface area contributed by atoms with Gasteiger partial charge in [0.15, 0.2) is 0 Å². The van der Waals surface area contributed by atoms with Crippen molar-refractivity contribution in [3.05, 3.63) is 32.4 Å². The van der Waals surface area contributed by atoms with Crippen LogP contribution in [-0.4, -0.2) is 23.0 Å². The Morgan fingerprint density at radius 2 is 2.00 bits per heavy atom. The first-order valence-corrected chi connectivity index (χ1v) is 7.83. The molecular weight excluding hydrogens is 308 g/mol. The minimum absolute atomic E-state index is 0.155. The fraction of sp³-hybridized carbons (Fsp3) is 0.400. The molecule has 0 unspecified atom stereocenters. The molecule has 2 aromatic heterocycles. The molecule has 2 heterocycles. The third kappa shape index (κ3) is 2.94. The van der Waals surface area contributed by atoms with Gasteiger partial charge in [0, 0.05) is 17.0 Å². The number of hydrogen-bond acceptors (Lipinski definition) is 5. The first kappa shape index (κ1) is 15.9. The summed E-state index contributed by atoms with van der Waals surface area (Å²) in [5.74, 6) is 0.465. The van der Waals surface area contributed by atoms with Gasteiger partial charge in [0.1, 0.15) is 15.9 Å². The Hall–Kier alpha value is -1.46. The first-order chi connectivity index (χ1) is 9.86. The molecule has 0 saturated heterocycles. The maximum atomic E-state index is 11.9. The summed E-state index contributed by atoms with van der Waals surface area (Å²) < 4.78 is 4.85. The maximum Gasteiger partial charge on any atom is 0.348 e. The number of ether oxygens (including phenoxy) is 1. The van der Waals surface area contributed by atoms with Crippen molar-refractivity contribution in [2.24, 2.45) is 0 Å². The number of thiophene rings is 1. The fourth-order valence-electron chi connectivity index (χ4n) is 1.99. The number of carbonyl (C=O) groups is 1. The molecule has 21 heavy (non-hydrogen) atoms. The van der Waals surface area contributed by atoms with Gasteiger partial charge in [0.05, 0.1) is 12.8 Å². The molecule has 0 saturated carbocycles. The Kier molecular flexibility index (Phi) is 4.64. The lowest BCUT2D eigenvalue weighted by molar-refractivity contribution is 0.0607. The highest BCUT2D eigenvalue weighted by molar-refractivity contribution is 7.12. The smallest absolute Gasteiger partial charge is 0.348 e. The second kappa shape index (κ2) is 6.12. The number of halogens is 1. The summed E-state index contributed by atoms with van der Waals surface area (Å²) in [6, 6.07) is 0. The third-order valence-corrected chi connectivity index (χ3v) is 4.65. The Balaban J connectivity index is 2.72. The van der Waals surface area contributed by atoms with Crippen LogP contribution in [0.2, 0.25) is 5.15 Å². The molecule has 0 N–H and O–H groups in total. The van der Waals surface area contributed by atoms with Crippen LogP contribution in [0.15, 0.2) is 5.38 Å². The molecule has 0 aliphatic rings. The minimum Gasteiger partial charge on any atom is -0.465 e. The largest absolute Gasteiger partial charge is 0.465 e. The summed E-state index contributed by atoms with van der Waals surface area (Å²) in [5.41, 5.74) is 3.24. The zero-order valence-corrected chi connectivity index (χ0v) is 14.2. The molecule has 0 amide bonds. The highest BCUT2D eigenvalue weighted by atomic mass is 35.5. The zero-order chi connectivity index (χ0) is 15.7. The summed E-state index contributed by atoms with van der Waals surface area (Å²) in [5, 5.41) is 2.34. The Bertz CT molecular complexity index is 695. The van der Waals surface area contributed by atoms with E-state index in [1.54, 1.807) is 0 Å². The number of aryl methyl sites for hydroxylation is 1. The average molecular weight is 325 g/mol. The van der Waals surface area contributed by atoms with Gasteiger partial charge in [0.25, 0.3) is 0 Å². The lowest BCUT2D eigenvalue weighted by Crippen LogP contribution is -2.06. The molecule has 0 aliphatic carbocycles. The summed E-state index contributed by atoms with van der Waals surface area (Å²) in [7, 11) is 1.38. The van der Waals surface area contributed by atoms with Crippen molar-refractivity contribution in [2.45, 2.75) is 33.6 Å². The number of rotatable bonds is 3. The van der Waals surface area contributed by atoms with Crippen LogP contribution in [0.5, 0.6) is 0 Å². The van der Waals surface area contributed by atoms with Gasteiger partial charge in [-0.1, -0.05) is 25.4 Å². The van der Waals surface area contributed by atoms with Gasteiger partial charge in [-0.3, -0.25) is 0 Å². The fourth-order valence-corrected chi connectivity index (χ4v) is 3.13. The minimum atomic E-state index is -0.358. The van der Waals surface area contributed by atoms with E-state index in [0.29, 0.717) is 21.5 Å². The van der Waals surface area contributed by atoms with Crippen molar-refractivity contribution in [3.63, 3.8) is 0 Å². The second-order valence-corrected chi connectivity index (χ2v) is 6.35. The van der Waals surface area contributed by atoms with E-state index in [1.165, 1.54) is 18.4 Å². The molecule has 2 aromatic rings. The van der Waals surface area contributed by atoms with Crippen LogP contribution in [0.4, 0.5) is 0 Å². The summed E-state index contributed by atoms with van der Waals surface area (Å²) in [4.78, 5) is 21.4. The molecule has 0 fully saturated rings. The highest BCUT2D eigenvalue weighted by Gasteiger charge is 2.23. The Morgan fingerprint density at radius 3 is 2.57 bits per heavy atom. The number of esters is 1. The molecule has 2 rings (SSSR count). The lowest BCUT2D eigenvalue weighted by Gasteiger charge is -2.12. The SMILES string of the molecule is COC(=O)c1scc(C)c1-c1nc(C(C)C)nc(Cl)c1C. The van der Waals surface area contributed by atoms with E-state index in [4.69, 9.17) is 16.3 Å². The van der Waals surface area contributed by atoms with E-state index in [0.717, 1.165) is 16.7 Å². The number of nitrogens with zero attached hydrogens (tertiary/aromatic N) is 2. The molecule has 112 valence electrons. The van der Waals surface area contributed by atoms with Crippen LogP contribution in [0.3, 0.4) is 0 Å². The van der Waals surface area contributed by atoms with Gasteiger partial charge < -0.3 is 4.74 Å². The predicted octanol–water partition coefficient (Wildman–Crippen LogP) is 4.39. The molecule has 6 heteroatoms. The predicted molar refractivity (Wildman–Crippen MR) is 85.3 cm³/mol. The van der Waals surface area contributed by atoms with Gasteiger partial charge in [-0.2, -0.15) is 0 Å². The summed E-state index contributed by atoms with van der Waals surface area (Å²) in [6.45, 7) is 7.82. The van der Waals surface area contributed by atoms with E-state index < -0.39 is 0 Å². The number of methoxy groups -OCH3 is 1. The van der Waals surface area contributed by atoms with Crippen molar-refractivity contribution >= 4 is 28.9 Å². The van der Waals surface area contributed by atoms with Crippen LogP contribution >= 0.6 is 22.9 Å². The molecular formula is C15H17ClN2O2S. The van der Waals surface area contributed by atoms with Gasteiger partial charge in [-0.15, -0.1) is 11.3 Å². The monoisotopic (exact) mass is 324 g/mol. The second-order valence-electron chi connectivity index (χ2n) is 5.12. The number of hydrogen-bond donors (Lipinski definition) is 0. The quantitative estimate of drug-likeness (QED) is 0.621. The summed E-state index contributed by atoms with van der Waals surface area (Å²) >= 11 is 7.59. The first-order valence-electron chi connectivity index (χ1n) is 6.57.